The lowest BCUT2D eigenvalue weighted by atomic mass is 9.98. The highest BCUT2D eigenvalue weighted by Gasteiger charge is 2.06. The maximum atomic E-state index is 3.86. The van der Waals surface area contributed by atoms with Crippen LogP contribution in [0.2, 0.25) is 0 Å². The van der Waals surface area contributed by atoms with Crippen molar-refractivity contribution in [2.45, 2.75) is 13.8 Å². The van der Waals surface area contributed by atoms with Gasteiger partial charge in [-0.15, -0.1) is 0 Å². The van der Waals surface area contributed by atoms with Crippen LogP contribution in [0.15, 0.2) is 61.7 Å². The zero-order valence-electron chi connectivity index (χ0n) is 11.5. The van der Waals surface area contributed by atoms with Crippen LogP contribution < -0.4 is 0 Å². The first kappa shape index (κ1) is 13.2. The van der Waals surface area contributed by atoms with Gasteiger partial charge in [-0.05, 0) is 48.7 Å². The summed E-state index contributed by atoms with van der Waals surface area (Å²) in [5.74, 6) is 0. The second-order valence-electron chi connectivity index (χ2n) is 4.65. The maximum absolute atomic E-state index is 3.86. The first-order valence-corrected chi connectivity index (χ1v) is 6.38. The van der Waals surface area contributed by atoms with Gasteiger partial charge in [0.05, 0.1) is 0 Å². The molecule has 0 radical (unpaired) electrons. The van der Waals surface area contributed by atoms with E-state index in [2.05, 4.69) is 62.3 Å². The minimum Gasteiger partial charge on any atom is -0.359 e. The maximum Gasteiger partial charge on any atom is 0.0458 e. The highest BCUT2D eigenvalue weighted by atomic mass is 14.7. The van der Waals surface area contributed by atoms with Crippen LogP contribution in [0.3, 0.4) is 0 Å². The summed E-state index contributed by atoms with van der Waals surface area (Å²) in [7, 11) is 0. The molecule has 1 aromatic carbocycles. The van der Waals surface area contributed by atoms with E-state index in [0.29, 0.717) is 0 Å². The number of benzene rings is 1. The van der Waals surface area contributed by atoms with Crippen molar-refractivity contribution in [3.63, 3.8) is 0 Å². The minimum atomic E-state index is 1.08. The smallest absolute Gasteiger partial charge is 0.0458 e. The number of hydrogen-bond acceptors (Lipinski definition) is 0. The van der Waals surface area contributed by atoms with Gasteiger partial charge in [-0.3, -0.25) is 0 Å². The van der Waals surface area contributed by atoms with Crippen LogP contribution in [-0.4, -0.2) is 4.98 Å². The number of rotatable bonds is 4. The Labute approximate surface area is 115 Å². The molecule has 2 aromatic rings. The third kappa shape index (κ3) is 2.76. The van der Waals surface area contributed by atoms with Gasteiger partial charge in [-0.25, -0.2) is 0 Å². The zero-order chi connectivity index (χ0) is 13.8. The van der Waals surface area contributed by atoms with Crippen molar-refractivity contribution >= 4 is 5.57 Å². The Morgan fingerprint density at radius 1 is 1.11 bits per heavy atom. The van der Waals surface area contributed by atoms with Gasteiger partial charge in [0.25, 0.3) is 0 Å². The molecule has 1 aromatic heterocycles. The Balaban J connectivity index is 2.54. The molecule has 0 saturated heterocycles. The fourth-order valence-electron chi connectivity index (χ4n) is 2.16. The third-order valence-corrected chi connectivity index (χ3v) is 3.21. The average Bonchev–Trinajstić information content (AvgIpc) is 2.83. The molecule has 0 bridgehead atoms. The van der Waals surface area contributed by atoms with Crippen LogP contribution in [0.4, 0.5) is 0 Å². The average molecular weight is 249 g/mol. The van der Waals surface area contributed by atoms with E-state index in [1.165, 1.54) is 16.8 Å². The van der Waals surface area contributed by atoms with Crippen molar-refractivity contribution in [2.75, 3.05) is 0 Å². The van der Waals surface area contributed by atoms with Gasteiger partial charge in [0.15, 0.2) is 0 Å². The van der Waals surface area contributed by atoms with E-state index < -0.39 is 0 Å². The van der Waals surface area contributed by atoms with E-state index >= 15 is 0 Å². The molecule has 19 heavy (non-hydrogen) atoms. The fourth-order valence-corrected chi connectivity index (χ4v) is 2.16. The molecule has 0 aliphatic rings. The molecule has 1 heterocycles. The molecule has 0 spiro atoms. The Hall–Kier alpha value is -2.28. The lowest BCUT2D eigenvalue weighted by Gasteiger charge is -2.08. The van der Waals surface area contributed by atoms with Crippen molar-refractivity contribution < 1.29 is 0 Å². The van der Waals surface area contributed by atoms with Crippen molar-refractivity contribution in [2.24, 2.45) is 0 Å². The Morgan fingerprint density at radius 2 is 1.89 bits per heavy atom. The normalized spacial score (nSPS) is 11.4. The van der Waals surface area contributed by atoms with E-state index in [4.69, 9.17) is 0 Å². The van der Waals surface area contributed by atoms with Crippen LogP contribution in [0.5, 0.6) is 0 Å². The van der Waals surface area contributed by atoms with Gasteiger partial charge in [0.2, 0.25) is 0 Å². The summed E-state index contributed by atoms with van der Waals surface area (Å²) in [6, 6.07) is 10.7. The molecule has 0 unspecified atom stereocenters. The first-order chi connectivity index (χ1) is 9.15. The standard InChI is InChI=1S/C18H19N/c1-5-7-15(6-2)16-10-8-13(3)17(12-16)18-11-9-14(4)19-18/h5-12,19H,1-2H2,3-4H3/b15-7+. The third-order valence-electron chi connectivity index (χ3n) is 3.21. The summed E-state index contributed by atoms with van der Waals surface area (Å²) >= 11 is 0. The Bertz CT molecular complexity index is 641. The molecular formula is C18H19N. The molecule has 96 valence electrons. The number of allylic oxidation sites excluding steroid dienone is 4. The number of hydrogen-bond donors (Lipinski definition) is 1. The van der Waals surface area contributed by atoms with Crippen molar-refractivity contribution in [1.82, 2.24) is 4.98 Å². The summed E-state index contributed by atoms with van der Waals surface area (Å²) in [6.07, 6.45) is 5.62. The van der Waals surface area contributed by atoms with Gasteiger partial charge in [-0.2, -0.15) is 0 Å². The summed E-state index contributed by atoms with van der Waals surface area (Å²) in [6.45, 7) is 11.8. The Kier molecular flexibility index (Phi) is 3.86. The van der Waals surface area contributed by atoms with Gasteiger partial charge < -0.3 is 4.98 Å². The van der Waals surface area contributed by atoms with Crippen LogP contribution >= 0.6 is 0 Å². The largest absolute Gasteiger partial charge is 0.359 e. The van der Waals surface area contributed by atoms with Crippen molar-refractivity contribution in [3.05, 3.63) is 78.5 Å². The summed E-state index contributed by atoms with van der Waals surface area (Å²) in [5.41, 5.74) is 7.04. The van der Waals surface area contributed by atoms with E-state index in [-0.39, 0.29) is 0 Å². The van der Waals surface area contributed by atoms with E-state index in [9.17, 15) is 0 Å². The second kappa shape index (κ2) is 5.57. The number of aromatic amines is 1. The van der Waals surface area contributed by atoms with Gasteiger partial charge in [0, 0.05) is 17.0 Å². The number of aryl methyl sites for hydroxylation is 2. The number of nitrogens with one attached hydrogen (secondary N) is 1. The number of aromatic nitrogens is 1. The van der Waals surface area contributed by atoms with Crippen LogP contribution in [0.25, 0.3) is 16.8 Å². The van der Waals surface area contributed by atoms with Crippen LogP contribution in [0.1, 0.15) is 16.8 Å². The monoisotopic (exact) mass is 249 g/mol. The molecule has 0 saturated carbocycles. The minimum absolute atomic E-state index is 1.08. The SMILES string of the molecule is C=C/C=C(\C=C)c1ccc(C)c(-c2ccc(C)[nH]2)c1. The lowest BCUT2D eigenvalue weighted by Crippen LogP contribution is -1.88. The molecule has 0 atom stereocenters. The van der Waals surface area contributed by atoms with Gasteiger partial charge in [-0.1, -0.05) is 43.5 Å². The van der Waals surface area contributed by atoms with Gasteiger partial charge in [0.1, 0.15) is 0 Å². The predicted octanol–water partition coefficient (Wildman–Crippen LogP) is 5.05. The summed E-state index contributed by atoms with van der Waals surface area (Å²) < 4.78 is 0. The van der Waals surface area contributed by atoms with Crippen LogP contribution in [0, 0.1) is 13.8 Å². The van der Waals surface area contributed by atoms with E-state index in [0.717, 1.165) is 16.8 Å². The molecular weight excluding hydrogens is 230 g/mol. The van der Waals surface area contributed by atoms with E-state index in [1.54, 1.807) is 6.08 Å². The zero-order valence-corrected chi connectivity index (χ0v) is 11.5. The van der Waals surface area contributed by atoms with Crippen molar-refractivity contribution in [1.29, 1.82) is 0 Å². The highest BCUT2D eigenvalue weighted by molar-refractivity contribution is 5.78. The van der Waals surface area contributed by atoms with E-state index in [1.807, 2.05) is 12.2 Å². The first-order valence-electron chi connectivity index (χ1n) is 6.38. The molecule has 1 N–H and O–H groups in total. The van der Waals surface area contributed by atoms with Gasteiger partial charge >= 0.3 is 0 Å². The second-order valence-corrected chi connectivity index (χ2v) is 4.65. The Morgan fingerprint density at radius 3 is 2.47 bits per heavy atom. The molecule has 0 aliphatic heterocycles. The topological polar surface area (TPSA) is 15.8 Å². The molecule has 0 aliphatic carbocycles. The summed E-state index contributed by atoms with van der Waals surface area (Å²) in [4.78, 5) is 3.38. The molecule has 2 rings (SSSR count). The van der Waals surface area contributed by atoms with Crippen molar-refractivity contribution in [3.8, 4) is 11.3 Å². The highest BCUT2D eigenvalue weighted by Crippen LogP contribution is 2.27. The molecule has 0 fully saturated rings. The molecule has 0 amide bonds. The summed E-state index contributed by atoms with van der Waals surface area (Å²) in [5, 5.41) is 0. The quantitative estimate of drug-likeness (QED) is 0.729. The van der Waals surface area contributed by atoms with Crippen LogP contribution in [-0.2, 0) is 0 Å². The molecule has 1 nitrogen and oxygen atoms in total. The molecule has 1 heteroatoms. The number of H-pyrrole nitrogens is 1. The fraction of sp³-hybridized carbons (Fsp3) is 0.111. The predicted molar refractivity (Wildman–Crippen MR) is 84.1 cm³/mol. The lowest BCUT2D eigenvalue weighted by molar-refractivity contribution is 1.26.